The molecule has 2 heteroatoms. The molecule has 0 unspecified atom stereocenters. The van der Waals surface area contributed by atoms with E-state index in [0.29, 0.717) is 0 Å². The third kappa shape index (κ3) is 1.36. The second-order valence-electron chi connectivity index (χ2n) is 1.86. The van der Waals surface area contributed by atoms with Crippen molar-refractivity contribution in [3.63, 3.8) is 0 Å². The van der Waals surface area contributed by atoms with Crippen molar-refractivity contribution in [3.8, 4) is 0 Å². The first-order chi connectivity index (χ1) is 4.38. The number of hydrogen-bond acceptors (Lipinski definition) is 1. The molecular formula is C7H9BrO. The maximum absolute atomic E-state index is 5.17. The van der Waals surface area contributed by atoms with Crippen molar-refractivity contribution in [1.29, 1.82) is 0 Å². The SMILES string of the molecule is CCc1occc1CBr. The van der Waals surface area contributed by atoms with E-state index in [1.807, 2.05) is 6.07 Å². The Bertz CT molecular complexity index is 162. The fraction of sp³-hybridized carbons (Fsp3) is 0.429. The van der Waals surface area contributed by atoms with E-state index in [1.54, 1.807) is 6.26 Å². The first-order valence-corrected chi connectivity index (χ1v) is 4.11. The van der Waals surface area contributed by atoms with Gasteiger partial charge in [0.1, 0.15) is 5.76 Å². The minimum absolute atomic E-state index is 0.896. The van der Waals surface area contributed by atoms with Crippen LogP contribution in [0, 0.1) is 0 Å². The molecule has 1 heterocycles. The summed E-state index contributed by atoms with van der Waals surface area (Å²) in [6.45, 7) is 2.09. The average Bonchev–Trinajstić information content (AvgIpc) is 2.33. The van der Waals surface area contributed by atoms with Gasteiger partial charge in [-0.25, -0.2) is 0 Å². The van der Waals surface area contributed by atoms with Crippen LogP contribution in [0.3, 0.4) is 0 Å². The van der Waals surface area contributed by atoms with Gasteiger partial charge in [-0.3, -0.25) is 0 Å². The highest BCUT2D eigenvalue weighted by Gasteiger charge is 1.99. The Hall–Kier alpha value is -0.240. The summed E-state index contributed by atoms with van der Waals surface area (Å²) < 4.78 is 5.17. The highest BCUT2D eigenvalue weighted by Crippen LogP contribution is 2.13. The smallest absolute Gasteiger partial charge is 0.107 e. The first-order valence-electron chi connectivity index (χ1n) is 2.99. The number of alkyl halides is 1. The molecule has 1 aromatic heterocycles. The molecule has 0 atom stereocenters. The monoisotopic (exact) mass is 188 g/mol. The Morgan fingerprint density at radius 2 is 2.44 bits per heavy atom. The highest BCUT2D eigenvalue weighted by molar-refractivity contribution is 9.08. The summed E-state index contributed by atoms with van der Waals surface area (Å²) >= 11 is 3.37. The molecule has 0 spiro atoms. The van der Waals surface area contributed by atoms with E-state index in [1.165, 1.54) is 5.56 Å². The van der Waals surface area contributed by atoms with Crippen LogP contribution in [0.15, 0.2) is 16.7 Å². The van der Waals surface area contributed by atoms with E-state index in [0.717, 1.165) is 17.5 Å². The molecule has 1 aromatic rings. The van der Waals surface area contributed by atoms with Crippen molar-refractivity contribution < 1.29 is 4.42 Å². The number of hydrogen-bond donors (Lipinski definition) is 0. The average molecular weight is 189 g/mol. The summed E-state index contributed by atoms with van der Waals surface area (Å²) in [5, 5.41) is 0.896. The molecule has 0 N–H and O–H groups in total. The topological polar surface area (TPSA) is 13.1 Å². The van der Waals surface area contributed by atoms with Gasteiger partial charge < -0.3 is 4.42 Å². The number of rotatable bonds is 2. The lowest BCUT2D eigenvalue weighted by Crippen LogP contribution is -1.79. The fourth-order valence-electron chi connectivity index (χ4n) is 0.796. The molecule has 0 aromatic carbocycles. The molecule has 0 aliphatic carbocycles. The molecule has 0 bridgehead atoms. The van der Waals surface area contributed by atoms with Crippen LogP contribution >= 0.6 is 15.9 Å². The molecule has 1 nitrogen and oxygen atoms in total. The van der Waals surface area contributed by atoms with Gasteiger partial charge in [0.15, 0.2) is 0 Å². The summed E-state index contributed by atoms with van der Waals surface area (Å²) in [5.41, 5.74) is 1.26. The zero-order chi connectivity index (χ0) is 6.69. The second-order valence-corrected chi connectivity index (χ2v) is 2.42. The van der Waals surface area contributed by atoms with Crippen LogP contribution in [0.4, 0.5) is 0 Å². The van der Waals surface area contributed by atoms with E-state index in [4.69, 9.17) is 4.42 Å². The summed E-state index contributed by atoms with van der Waals surface area (Å²) in [4.78, 5) is 0. The van der Waals surface area contributed by atoms with Crippen LogP contribution in [0.25, 0.3) is 0 Å². The Kier molecular flexibility index (Phi) is 2.34. The van der Waals surface area contributed by atoms with Crippen molar-refractivity contribution in [3.05, 3.63) is 23.7 Å². The van der Waals surface area contributed by atoms with Gasteiger partial charge in [0.25, 0.3) is 0 Å². The van der Waals surface area contributed by atoms with E-state index in [9.17, 15) is 0 Å². The maximum Gasteiger partial charge on any atom is 0.107 e. The zero-order valence-electron chi connectivity index (χ0n) is 5.36. The van der Waals surface area contributed by atoms with Gasteiger partial charge in [-0.15, -0.1) is 0 Å². The largest absolute Gasteiger partial charge is 0.469 e. The third-order valence-corrected chi connectivity index (χ3v) is 1.91. The molecule has 0 saturated heterocycles. The van der Waals surface area contributed by atoms with E-state index < -0.39 is 0 Å². The lowest BCUT2D eigenvalue weighted by molar-refractivity contribution is 0.513. The summed E-state index contributed by atoms with van der Waals surface area (Å²) in [5.74, 6) is 1.09. The highest BCUT2D eigenvalue weighted by atomic mass is 79.9. The zero-order valence-corrected chi connectivity index (χ0v) is 6.94. The van der Waals surface area contributed by atoms with Gasteiger partial charge in [-0.1, -0.05) is 22.9 Å². The number of aryl methyl sites for hydroxylation is 1. The molecule has 50 valence electrons. The van der Waals surface area contributed by atoms with Crippen molar-refractivity contribution in [2.45, 2.75) is 18.7 Å². The predicted octanol–water partition coefficient (Wildman–Crippen LogP) is 2.74. The Balaban J connectivity index is 2.85. The van der Waals surface area contributed by atoms with E-state index >= 15 is 0 Å². The molecule has 0 radical (unpaired) electrons. The molecule has 9 heavy (non-hydrogen) atoms. The second kappa shape index (κ2) is 3.06. The fourth-order valence-corrected chi connectivity index (χ4v) is 1.30. The van der Waals surface area contributed by atoms with E-state index in [-0.39, 0.29) is 0 Å². The summed E-state index contributed by atoms with van der Waals surface area (Å²) in [6.07, 6.45) is 2.71. The minimum Gasteiger partial charge on any atom is -0.469 e. The van der Waals surface area contributed by atoms with Gasteiger partial charge in [0, 0.05) is 17.3 Å². The molecule has 0 saturated carbocycles. The maximum atomic E-state index is 5.17. The molecule has 0 aliphatic rings. The van der Waals surface area contributed by atoms with Gasteiger partial charge in [-0.05, 0) is 6.07 Å². The van der Waals surface area contributed by atoms with Crippen LogP contribution < -0.4 is 0 Å². The van der Waals surface area contributed by atoms with Gasteiger partial charge in [0.05, 0.1) is 6.26 Å². The van der Waals surface area contributed by atoms with Crippen LogP contribution in [0.5, 0.6) is 0 Å². The van der Waals surface area contributed by atoms with Crippen LogP contribution in [-0.4, -0.2) is 0 Å². The molecule has 0 amide bonds. The van der Waals surface area contributed by atoms with Crippen molar-refractivity contribution in [2.75, 3.05) is 0 Å². The predicted molar refractivity (Wildman–Crippen MR) is 40.7 cm³/mol. The lowest BCUT2D eigenvalue weighted by atomic mass is 10.2. The normalized spacial score (nSPS) is 10.0. The van der Waals surface area contributed by atoms with Crippen LogP contribution in [0.1, 0.15) is 18.2 Å². The van der Waals surface area contributed by atoms with Gasteiger partial charge in [0.2, 0.25) is 0 Å². The summed E-state index contributed by atoms with van der Waals surface area (Å²) in [6, 6.07) is 1.99. The lowest BCUT2D eigenvalue weighted by Gasteiger charge is -1.90. The molecule has 0 fully saturated rings. The van der Waals surface area contributed by atoms with Gasteiger partial charge in [-0.2, -0.15) is 0 Å². The standard InChI is InChI=1S/C7H9BrO/c1-2-7-6(5-8)3-4-9-7/h3-4H,2,5H2,1H3. The van der Waals surface area contributed by atoms with Gasteiger partial charge >= 0.3 is 0 Å². The van der Waals surface area contributed by atoms with Crippen molar-refractivity contribution in [1.82, 2.24) is 0 Å². The number of furan rings is 1. The van der Waals surface area contributed by atoms with Crippen molar-refractivity contribution >= 4 is 15.9 Å². The Morgan fingerprint density at radius 1 is 1.67 bits per heavy atom. The molecule has 0 aliphatic heterocycles. The molecule has 1 rings (SSSR count). The first kappa shape index (κ1) is 6.87. The Morgan fingerprint density at radius 3 is 2.89 bits per heavy atom. The van der Waals surface area contributed by atoms with E-state index in [2.05, 4.69) is 22.9 Å². The number of halogens is 1. The van der Waals surface area contributed by atoms with Crippen LogP contribution in [0.2, 0.25) is 0 Å². The van der Waals surface area contributed by atoms with Crippen molar-refractivity contribution in [2.24, 2.45) is 0 Å². The summed E-state index contributed by atoms with van der Waals surface area (Å²) in [7, 11) is 0. The third-order valence-electron chi connectivity index (χ3n) is 1.30. The minimum atomic E-state index is 0.896. The van der Waals surface area contributed by atoms with Crippen LogP contribution in [-0.2, 0) is 11.8 Å². The quantitative estimate of drug-likeness (QED) is 0.652. The Labute approximate surface area is 63.2 Å². The molecular weight excluding hydrogens is 180 g/mol.